The van der Waals surface area contributed by atoms with Gasteiger partial charge in [0.1, 0.15) is 16.8 Å². The average Bonchev–Trinajstić information content (AvgIpc) is 2.34. The van der Waals surface area contributed by atoms with Crippen LogP contribution in [-0.4, -0.2) is 41.4 Å². The first-order valence-electron chi connectivity index (χ1n) is 5.76. The van der Waals surface area contributed by atoms with E-state index in [1.54, 1.807) is 18.7 Å². The van der Waals surface area contributed by atoms with Crippen LogP contribution in [0.25, 0.3) is 0 Å². The third-order valence-corrected chi connectivity index (χ3v) is 3.83. The third-order valence-electron chi connectivity index (χ3n) is 2.82. The van der Waals surface area contributed by atoms with Crippen LogP contribution in [0.15, 0.2) is 0 Å². The molecule has 0 spiro atoms. The quantitative estimate of drug-likeness (QED) is 0.595. The van der Waals surface area contributed by atoms with E-state index in [9.17, 15) is 4.79 Å². The van der Waals surface area contributed by atoms with Crippen LogP contribution in [0.2, 0.25) is 5.15 Å². The summed E-state index contributed by atoms with van der Waals surface area (Å²) < 4.78 is 0. The molecule has 0 aliphatic heterocycles. The van der Waals surface area contributed by atoms with Gasteiger partial charge in [-0.2, -0.15) is 11.8 Å². The van der Waals surface area contributed by atoms with Crippen molar-refractivity contribution in [2.75, 3.05) is 24.0 Å². The lowest BCUT2D eigenvalue weighted by Crippen LogP contribution is -2.34. The largest absolute Gasteiger partial charge is 0.355 e. The van der Waals surface area contributed by atoms with Gasteiger partial charge in [0.25, 0.3) is 0 Å². The van der Waals surface area contributed by atoms with Crippen molar-refractivity contribution in [2.24, 2.45) is 0 Å². The Morgan fingerprint density at radius 2 is 2.17 bits per heavy atom. The number of hydrogen-bond donors (Lipinski definition) is 0. The topological polar surface area (TPSA) is 46.1 Å². The summed E-state index contributed by atoms with van der Waals surface area (Å²) in [6.45, 7) is 3.89. The minimum Gasteiger partial charge on any atom is -0.355 e. The Hall–Kier alpha value is -0.810. The van der Waals surface area contributed by atoms with E-state index >= 15 is 0 Å². The molecule has 0 radical (unpaired) electrons. The molecule has 4 nitrogen and oxygen atoms in total. The van der Waals surface area contributed by atoms with Crippen LogP contribution in [0.1, 0.15) is 29.5 Å². The number of rotatable bonds is 6. The average molecular weight is 288 g/mol. The predicted molar refractivity (Wildman–Crippen MR) is 78.0 cm³/mol. The molecule has 0 aliphatic rings. The second-order valence-corrected chi connectivity index (χ2v) is 5.31. The van der Waals surface area contributed by atoms with Gasteiger partial charge in [0.05, 0.1) is 5.56 Å². The molecule has 18 heavy (non-hydrogen) atoms. The molecule has 0 aliphatic carbocycles. The van der Waals surface area contributed by atoms with E-state index in [-0.39, 0.29) is 5.15 Å². The molecule has 1 unspecified atom stereocenters. The maximum absolute atomic E-state index is 11.1. The standard InChI is InChI=1S/C12H18ClN3OS/c1-5-9(7-18-4)16(3)12-10(6-17)11(13)14-8(2)15-12/h6,9H,5,7H2,1-4H3. The molecule has 0 fully saturated rings. The summed E-state index contributed by atoms with van der Waals surface area (Å²) in [5, 5.41) is 0.221. The number of aldehydes is 1. The maximum atomic E-state index is 11.1. The lowest BCUT2D eigenvalue weighted by Gasteiger charge is -2.28. The lowest BCUT2D eigenvalue weighted by molar-refractivity contribution is 0.112. The van der Waals surface area contributed by atoms with E-state index < -0.39 is 0 Å². The highest BCUT2D eigenvalue weighted by Crippen LogP contribution is 2.24. The Balaban J connectivity index is 3.17. The zero-order chi connectivity index (χ0) is 13.7. The van der Waals surface area contributed by atoms with Crippen molar-refractivity contribution in [3.8, 4) is 0 Å². The number of carbonyl (C=O) groups excluding carboxylic acids is 1. The molecule has 0 saturated carbocycles. The monoisotopic (exact) mass is 287 g/mol. The molecule has 1 rings (SSSR count). The van der Waals surface area contributed by atoms with Gasteiger partial charge in [-0.05, 0) is 19.6 Å². The summed E-state index contributed by atoms with van der Waals surface area (Å²) in [7, 11) is 1.94. The number of hydrogen-bond acceptors (Lipinski definition) is 5. The van der Waals surface area contributed by atoms with E-state index in [1.807, 2.05) is 11.9 Å². The van der Waals surface area contributed by atoms with Crippen LogP contribution in [-0.2, 0) is 0 Å². The Morgan fingerprint density at radius 3 is 2.67 bits per heavy atom. The van der Waals surface area contributed by atoms with Crippen LogP contribution >= 0.6 is 23.4 Å². The molecule has 0 aromatic carbocycles. The maximum Gasteiger partial charge on any atom is 0.156 e. The fraction of sp³-hybridized carbons (Fsp3) is 0.583. The molecule has 0 N–H and O–H groups in total. The lowest BCUT2D eigenvalue weighted by atomic mass is 10.2. The van der Waals surface area contributed by atoms with Gasteiger partial charge in [-0.15, -0.1) is 0 Å². The zero-order valence-corrected chi connectivity index (χ0v) is 12.7. The number of aryl methyl sites for hydroxylation is 1. The summed E-state index contributed by atoms with van der Waals surface area (Å²) in [6, 6.07) is 0.323. The van der Waals surface area contributed by atoms with Crippen LogP contribution in [0, 0.1) is 6.92 Å². The van der Waals surface area contributed by atoms with E-state index in [0.29, 0.717) is 23.2 Å². The second-order valence-electron chi connectivity index (χ2n) is 4.05. The van der Waals surface area contributed by atoms with Crippen LogP contribution in [0.5, 0.6) is 0 Å². The predicted octanol–water partition coefficient (Wildman–Crippen LogP) is 2.83. The number of thioether (sulfide) groups is 1. The molecule has 100 valence electrons. The van der Waals surface area contributed by atoms with Crippen molar-refractivity contribution in [2.45, 2.75) is 26.3 Å². The molecular formula is C12H18ClN3OS. The molecule has 6 heteroatoms. The van der Waals surface area contributed by atoms with Crippen molar-refractivity contribution in [3.05, 3.63) is 16.5 Å². The van der Waals surface area contributed by atoms with Gasteiger partial charge < -0.3 is 4.90 Å². The van der Waals surface area contributed by atoms with Crippen LogP contribution < -0.4 is 4.90 Å². The van der Waals surface area contributed by atoms with Gasteiger partial charge in [0.15, 0.2) is 6.29 Å². The van der Waals surface area contributed by atoms with Gasteiger partial charge in [-0.1, -0.05) is 18.5 Å². The smallest absolute Gasteiger partial charge is 0.156 e. The Morgan fingerprint density at radius 1 is 1.50 bits per heavy atom. The second kappa shape index (κ2) is 6.95. The molecule has 1 atom stereocenters. The number of aromatic nitrogens is 2. The van der Waals surface area contributed by atoms with Crippen molar-refractivity contribution >= 4 is 35.5 Å². The highest BCUT2D eigenvalue weighted by molar-refractivity contribution is 7.98. The summed E-state index contributed by atoms with van der Waals surface area (Å²) in [4.78, 5) is 21.5. The summed E-state index contributed by atoms with van der Waals surface area (Å²) in [5.41, 5.74) is 0.365. The highest BCUT2D eigenvalue weighted by atomic mass is 35.5. The SMILES string of the molecule is CCC(CSC)N(C)c1nc(C)nc(Cl)c1C=O. The number of halogens is 1. The molecule has 1 aromatic heterocycles. The van der Waals surface area contributed by atoms with E-state index in [0.717, 1.165) is 18.5 Å². The number of carbonyl (C=O) groups is 1. The molecule has 0 saturated heterocycles. The molecule has 1 aromatic rings. The van der Waals surface area contributed by atoms with E-state index in [2.05, 4.69) is 23.1 Å². The molecule has 0 bridgehead atoms. The minimum absolute atomic E-state index is 0.221. The van der Waals surface area contributed by atoms with Crippen molar-refractivity contribution in [1.82, 2.24) is 9.97 Å². The van der Waals surface area contributed by atoms with E-state index in [4.69, 9.17) is 11.6 Å². The third kappa shape index (κ3) is 3.36. The molecule has 0 amide bonds. The van der Waals surface area contributed by atoms with Crippen molar-refractivity contribution in [1.29, 1.82) is 0 Å². The fourth-order valence-electron chi connectivity index (χ4n) is 1.77. The summed E-state index contributed by atoms with van der Waals surface area (Å²) in [5.74, 6) is 2.17. The highest BCUT2D eigenvalue weighted by Gasteiger charge is 2.20. The van der Waals surface area contributed by atoms with Crippen molar-refractivity contribution < 1.29 is 4.79 Å². The van der Waals surface area contributed by atoms with Gasteiger partial charge in [-0.3, -0.25) is 4.79 Å². The Labute approximate surface area is 117 Å². The first-order chi connectivity index (χ1) is 8.54. The van der Waals surface area contributed by atoms with Gasteiger partial charge in [0, 0.05) is 18.8 Å². The Bertz CT molecular complexity index is 428. The minimum atomic E-state index is 0.221. The van der Waals surface area contributed by atoms with Crippen LogP contribution in [0.4, 0.5) is 5.82 Å². The van der Waals surface area contributed by atoms with Gasteiger partial charge in [-0.25, -0.2) is 9.97 Å². The van der Waals surface area contributed by atoms with Crippen LogP contribution in [0.3, 0.4) is 0 Å². The first-order valence-corrected chi connectivity index (χ1v) is 7.53. The normalized spacial score (nSPS) is 12.3. The zero-order valence-electron chi connectivity index (χ0n) is 11.1. The molecular weight excluding hydrogens is 270 g/mol. The van der Waals surface area contributed by atoms with Gasteiger partial charge >= 0.3 is 0 Å². The van der Waals surface area contributed by atoms with E-state index in [1.165, 1.54) is 0 Å². The van der Waals surface area contributed by atoms with Gasteiger partial charge in [0.2, 0.25) is 0 Å². The molecule has 1 heterocycles. The summed E-state index contributed by atoms with van der Waals surface area (Å²) in [6.07, 6.45) is 3.77. The van der Waals surface area contributed by atoms with Crippen molar-refractivity contribution in [3.63, 3.8) is 0 Å². The number of nitrogens with zero attached hydrogens (tertiary/aromatic N) is 3. The summed E-state index contributed by atoms with van der Waals surface area (Å²) >= 11 is 7.76. The Kier molecular flexibility index (Phi) is 5.88. The number of anilines is 1. The first kappa shape index (κ1) is 15.2. The fourth-order valence-corrected chi connectivity index (χ4v) is 2.87.